The molecule has 0 aromatic heterocycles. The maximum absolute atomic E-state index is 12.1. The zero-order valence-corrected chi connectivity index (χ0v) is 13.0. The number of hydrogen-bond acceptors (Lipinski definition) is 4. The van der Waals surface area contributed by atoms with Crippen LogP contribution in [0, 0.1) is 0 Å². The first-order valence-electron chi connectivity index (χ1n) is 6.93. The summed E-state index contributed by atoms with van der Waals surface area (Å²) < 4.78 is 4.98. The van der Waals surface area contributed by atoms with Crippen molar-refractivity contribution in [2.75, 3.05) is 45.6 Å². The van der Waals surface area contributed by atoms with Crippen LogP contribution in [0.15, 0.2) is 35.2 Å². The Labute approximate surface area is 129 Å². The van der Waals surface area contributed by atoms with Gasteiger partial charge in [-0.25, -0.2) is 0 Å². The molecule has 1 aliphatic heterocycles. The number of nitrogens with zero attached hydrogens (tertiary/aromatic N) is 2. The molecule has 6 heteroatoms. The predicted molar refractivity (Wildman–Crippen MR) is 82.2 cm³/mol. The van der Waals surface area contributed by atoms with E-state index in [0.717, 1.165) is 4.90 Å². The van der Waals surface area contributed by atoms with Crippen LogP contribution in [0.1, 0.15) is 0 Å². The van der Waals surface area contributed by atoms with Crippen molar-refractivity contribution < 1.29 is 14.3 Å². The Bertz CT molecular complexity index is 481. The van der Waals surface area contributed by atoms with Crippen molar-refractivity contribution >= 4 is 23.6 Å². The average molecular weight is 308 g/mol. The molecule has 5 nitrogen and oxygen atoms in total. The van der Waals surface area contributed by atoms with E-state index in [-0.39, 0.29) is 18.4 Å². The highest BCUT2D eigenvalue weighted by atomic mass is 32.2. The van der Waals surface area contributed by atoms with Gasteiger partial charge < -0.3 is 14.5 Å². The van der Waals surface area contributed by atoms with E-state index in [9.17, 15) is 9.59 Å². The third-order valence-electron chi connectivity index (χ3n) is 3.34. The van der Waals surface area contributed by atoms with Gasteiger partial charge in [0, 0.05) is 31.6 Å². The fourth-order valence-corrected chi connectivity index (χ4v) is 2.93. The van der Waals surface area contributed by atoms with E-state index in [0.29, 0.717) is 32.0 Å². The Balaban J connectivity index is 1.78. The minimum absolute atomic E-state index is 0.00337. The van der Waals surface area contributed by atoms with Gasteiger partial charge in [0.2, 0.25) is 11.8 Å². The van der Waals surface area contributed by atoms with E-state index in [2.05, 4.69) is 0 Å². The van der Waals surface area contributed by atoms with Crippen molar-refractivity contribution in [2.45, 2.75) is 4.90 Å². The molecule has 1 heterocycles. The third-order valence-corrected chi connectivity index (χ3v) is 4.34. The second-order valence-corrected chi connectivity index (χ2v) is 5.84. The van der Waals surface area contributed by atoms with Gasteiger partial charge >= 0.3 is 0 Å². The number of ether oxygens (including phenoxy) is 1. The van der Waals surface area contributed by atoms with Crippen LogP contribution in [0.2, 0.25) is 0 Å². The van der Waals surface area contributed by atoms with Gasteiger partial charge in [-0.05, 0) is 12.1 Å². The largest absolute Gasteiger partial charge is 0.383 e. The summed E-state index contributed by atoms with van der Waals surface area (Å²) in [5.41, 5.74) is 0. The van der Waals surface area contributed by atoms with Crippen LogP contribution in [-0.4, -0.2) is 67.3 Å². The lowest BCUT2D eigenvalue weighted by Crippen LogP contribution is -2.53. The van der Waals surface area contributed by atoms with Crippen molar-refractivity contribution in [2.24, 2.45) is 0 Å². The van der Waals surface area contributed by atoms with Gasteiger partial charge in [0.15, 0.2) is 0 Å². The van der Waals surface area contributed by atoms with E-state index in [1.165, 1.54) is 11.8 Å². The molecule has 21 heavy (non-hydrogen) atoms. The first-order valence-corrected chi connectivity index (χ1v) is 7.91. The molecule has 0 spiro atoms. The average Bonchev–Trinajstić information content (AvgIpc) is 2.52. The standard InChI is InChI=1S/C15H20N2O3S/c1-20-10-9-16-7-8-17(11-14(16)18)15(19)12-21-13-5-3-2-4-6-13/h2-6H,7-12H2,1H3. The molecule has 0 N–H and O–H groups in total. The van der Waals surface area contributed by atoms with Gasteiger partial charge in [-0.3, -0.25) is 9.59 Å². The molecule has 2 rings (SSSR count). The normalized spacial score (nSPS) is 15.4. The van der Waals surface area contributed by atoms with Crippen LogP contribution in [0.4, 0.5) is 0 Å². The van der Waals surface area contributed by atoms with Crippen molar-refractivity contribution in [3.05, 3.63) is 30.3 Å². The smallest absolute Gasteiger partial charge is 0.242 e. The summed E-state index contributed by atoms with van der Waals surface area (Å²) in [4.78, 5) is 28.6. The van der Waals surface area contributed by atoms with E-state index in [1.807, 2.05) is 30.3 Å². The second kappa shape index (κ2) is 8.05. The molecule has 1 aliphatic rings. The summed E-state index contributed by atoms with van der Waals surface area (Å²) in [5, 5.41) is 0. The molecule has 1 fully saturated rings. The maximum Gasteiger partial charge on any atom is 0.242 e. The minimum atomic E-state index is -0.00337. The Morgan fingerprint density at radius 2 is 2.05 bits per heavy atom. The predicted octanol–water partition coefficient (Wildman–Crippen LogP) is 1.10. The fourth-order valence-electron chi connectivity index (χ4n) is 2.11. The van der Waals surface area contributed by atoms with E-state index in [4.69, 9.17) is 4.74 Å². The van der Waals surface area contributed by atoms with Crippen molar-refractivity contribution in [3.8, 4) is 0 Å². The lowest BCUT2D eigenvalue weighted by molar-refractivity contribution is -0.144. The van der Waals surface area contributed by atoms with Crippen LogP contribution in [-0.2, 0) is 14.3 Å². The van der Waals surface area contributed by atoms with E-state index in [1.54, 1.807) is 16.9 Å². The molecule has 114 valence electrons. The molecule has 0 atom stereocenters. The zero-order chi connectivity index (χ0) is 15.1. The molecular weight excluding hydrogens is 288 g/mol. The molecule has 1 saturated heterocycles. The third kappa shape index (κ3) is 4.75. The molecule has 0 unspecified atom stereocenters. The molecule has 2 amide bonds. The molecular formula is C15H20N2O3S. The first-order chi connectivity index (χ1) is 10.2. The summed E-state index contributed by atoms with van der Waals surface area (Å²) in [6.07, 6.45) is 0. The summed E-state index contributed by atoms with van der Waals surface area (Å²) in [7, 11) is 1.62. The van der Waals surface area contributed by atoms with Crippen LogP contribution >= 0.6 is 11.8 Å². The zero-order valence-electron chi connectivity index (χ0n) is 12.2. The molecule has 0 saturated carbocycles. The van der Waals surface area contributed by atoms with Crippen LogP contribution < -0.4 is 0 Å². The lowest BCUT2D eigenvalue weighted by Gasteiger charge is -2.34. The fraction of sp³-hybridized carbons (Fsp3) is 0.467. The van der Waals surface area contributed by atoms with Crippen molar-refractivity contribution in [1.82, 2.24) is 9.80 Å². The number of carbonyl (C=O) groups is 2. The lowest BCUT2D eigenvalue weighted by atomic mass is 10.3. The van der Waals surface area contributed by atoms with Crippen molar-refractivity contribution in [3.63, 3.8) is 0 Å². The monoisotopic (exact) mass is 308 g/mol. The maximum atomic E-state index is 12.1. The summed E-state index contributed by atoms with van der Waals surface area (Å²) in [6, 6.07) is 9.80. The van der Waals surface area contributed by atoms with Crippen LogP contribution in [0.3, 0.4) is 0 Å². The number of hydrogen-bond donors (Lipinski definition) is 0. The quantitative estimate of drug-likeness (QED) is 0.738. The second-order valence-electron chi connectivity index (χ2n) is 4.79. The van der Waals surface area contributed by atoms with Gasteiger partial charge in [-0.2, -0.15) is 0 Å². The topological polar surface area (TPSA) is 49.9 Å². The summed E-state index contributed by atoms with van der Waals surface area (Å²) >= 11 is 1.50. The highest BCUT2D eigenvalue weighted by molar-refractivity contribution is 8.00. The number of rotatable bonds is 6. The Morgan fingerprint density at radius 1 is 1.29 bits per heavy atom. The molecule has 0 bridgehead atoms. The molecule has 1 aromatic rings. The highest BCUT2D eigenvalue weighted by Gasteiger charge is 2.26. The van der Waals surface area contributed by atoms with Gasteiger partial charge in [0.05, 0.1) is 18.9 Å². The van der Waals surface area contributed by atoms with E-state index < -0.39 is 0 Å². The first kappa shape index (κ1) is 15.9. The number of piperazine rings is 1. The van der Waals surface area contributed by atoms with Crippen molar-refractivity contribution in [1.29, 1.82) is 0 Å². The van der Waals surface area contributed by atoms with E-state index >= 15 is 0 Å². The van der Waals surface area contributed by atoms with Crippen LogP contribution in [0.5, 0.6) is 0 Å². The molecule has 0 aliphatic carbocycles. The van der Waals surface area contributed by atoms with Crippen LogP contribution in [0.25, 0.3) is 0 Å². The number of amides is 2. The molecule has 1 aromatic carbocycles. The number of benzene rings is 1. The number of methoxy groups -OCH3 is 1. The van der Waals surface area contributed by atoms with Gasteiger partial charge in [0.25, 0.3) is 0 Å². The van der Waals surface area contributed by atoms with Gasteiger partial charge in [-0.15, -0.1) is 11.8 Å². The highest BCUT2D eigenvalue weighted by Crippen LogP contribution is 2.17. The SMILES string of the molecule is COCCN1CCN(C(=O)CSc2ccccc2)CC1=O. The minimum Gasteiger partial charge on any atom is -0.383 e. The Hall–Kier alpha value is -1.53. The molecule has 0 radical (unpaired) electrons. The number of carbonyl (C=O) groups excluding carboxylic acids is 2. The Morgan fingerprint density at radius 3 is 2.71 bits per heavy atom. The number of thioether (sulfide) groups is 1. The summed E-state index contributed by atoms with van der Waals surface area (Å²) in [5.74, 6) is 0.384. The Kier molecular flexibility index (Phi) is 6.07. The summed E-state index contributed by atoms with van der Waals surface area (Å²) in [6.45, 7) is 2.49. The van der Waals surface area contributed by atoms with Gasteiger partial charge in [0.1, 0.15) is 0 Å². The van der Waals surface area contributed by atoms with Gasteiger partial charge in [-0.1, -0.05) is 18.2 Å².